The van der Waals surface area contributed by atoms with E-state index in [-0.39, 0.29) is 23.1 Å². The average Bonchev–Trinajstić information content (AvgIpc) is 3.15. The van der Waals surface area contributed by atoms with Crippen molar-refractivity contribution in [3.05, 3.63) is 58.4 Å². The van der Waals surface area contributed by atoms with Gasteiger partial charge >= 0.3 is 0 Å². The van der Waals surface area contributed by atoms with Crippen LogP contribution in [-0.2, 0) is 5.41 Å². The third kappa shape index (κ3) is 5.70. The molecule has 0 spiro atoms. The summed E-state index contributed by atoms with van der Waals surface area (Å²) in [4.78, 5) is 13.3. The molecule has 2 aromatic carbocycles. The van der Waals surface area contributed by atoms with Crippen LogP contribution in [0.4, 0.5) is 5.69 Å². The summed E-state index contributed by atoms with van der Waals surface area (Å²) in [5, 5.41) is 11.9. The summed E-state index contributed by atoms with van der Waals surface area (Å²) in [6, 6.07) is 11.1. The van der Waals surface area contributed by atoms with E-state index in [1.54, 1.807) is 36.9 Å². The highest BCUT2D eigenvalue weighted by atomic mass is 35.5. The van der Waals surface area contributed by atoms with Crippen molar-refractivity contribution in [2.24, 2.45) is 0 Å². The van der Waals surface area contributed by atoms with Crippen molar-refractivity contribution in [2.45, 2.75) is 65.9 Å². The van der Waals surface area contributed by atoms with Gasteiger partial charge in [0.1, 0.15) is 17.2 Å². The van der Waals surface area contributed by atoms with Gasteiger partial charge in [0, 0.05) is 5.02 Å². The Morgan fingerprint density at radius 3 is 2.53 bits per heavy atom. The topological polar surface area (TPSA) is 78.3 Å². The van der Waals surface area contributed by atoms with Gasteiger partial charge < -0.3 is 14.8 Å². The van der Waals surface area contributed by atoms with Crippen LogP contribution in [0.15, 0.2) is 36.4 Å². The van der Waals surface area contributed by atoms with Crippen molar-refractivity contribution in [1.82, 2.24) is 15.0 Å². The Kier molecular flexibility index (Phi) is 7.87. The number of nitrogens with one attached hydrogen (secondary N) is 1. The molecule has 0 saturated carbocycles. The molecule has 1 heterocycles. The minimum absolute atomic E-state index is 0.0269. The monoisotopic (exact) mass is 484 g/mol. The van der Waals surface area contributed by atoms with Gasteiger partial charge in [0.05, 0.1) is 24.6 Å². The summed E-state index contributed by atoms with van der Waals surface area (Å²) in [6.45, 7) is 12.3. The van der Waals surface area contributed by atoms with Crippen LogP contribution in [0.5, 0.6) is 11.5 Å². The molecule has 1 unspecified atom stereocenters. The number of anilines is 1. The van der Waals surface area contributed by atoms with Crippen LogP contribution < -0.4 is 14.8 Å². The zero-order valence-corrected chi connectivity index (χ0v) is 21.7. The van der Waals surface area contributed by atoms with E-state index < -0.39 is 0 Å². The number of carbonyl (C=O) groups is 1. The Bertz CT molecular complexity index is 1170. The predicted octanol–water partition coefficient (Wildman–Crippen LogP) is 6.35. The zero-order chi connectivity index (χ0) is 25.0. The van der Waals surface area contributed by atoms with Crippen LogP contribution in [0.3, 0.4) is 0 Å². The first-order chi connectivity index (χ1) is 16.0. The SMILES string of the molecule is CCCC(C)Oc1ccc(C(C)(C)C)cc1NC(=O)c1nnn(-c2cc(Cl)ccc2OC)c1C. The molecule has 3 aromatic rings. The Labute approximate surface area is 206 Å². The van der Waals surface area contributed by atoms with E-state index in [1.165, 1.54) is 0 Å². The third-order valence-corrected chi connectivity index (χ3v) is 5.83. The number of nitrogens with zero attached hydrogens (tertiary/aromatic N) is 3. The molecule has 1 amide bonds. The molecule has 0 radical (unpaired) electrons. The molecule has 1 N–H and O–H groups in total. The molecule has 0 aliphatic heterocycles. The van der Waals surface area contributed by atoms with E-state index in [0.717, 1.165) is 18.4 Å². The third-order valence-electron chi connectivity index (χ3n) is 5.60. The molecule has 0 saturated heterocycles. The van der Waals surface area contributed by atoms with Gasteiger partial charge in [-0.05, 0) is 61.6 Å². The minimum Gasteiger partial charge on any atom is -0.494 e. The number of methoxy groups -OCH3 is 1. The van der Waals surface area contributed by atoms with Gasteiger partial charge in [-0.15, -0.1) is 5.10 Å². The van der Waals surface area contributed by atoms with Crippen LogP contribution in [0.1, 0.15) is 69.2 Å². The second-order valence-electron chi connectivity index (χ2n) is 9.38. The second kappa shape index (κ2) is 10.5. The van der Waals surface area contributed by atoms with Gasteiger partial charge in [0.15, 0.2) is 5.69 Å². The van der Waals surface area contributed by atoms with Crippen molar-refractivity contribution < 1.29 is 14.3 Å². The number of rotatable bonds is 8. The summed E-state index contributed by atoms with van der Waals surface area (Å²) >= 11 is 6.18. The molecule has 3 rings (SSSR count). The van der Waals surface area contributed by atoms with E-state index >= 15 is 0 Å². The standard InChI is InChI=1S/C26H33ClN4O3/c1-8-9-16(2)34-22-12-10-18(26(4,5)6)14-20(22)28-25(32)24-17(3)31(30-29-24)21-15-19(27)11-13-23(21)33-7/h10-16H,8-9H2,1-7H3,(H,28,32). The summed E-state index contributed by atoms with van der Waals surface area (Å²) in [6.07, 6.45) is 1.96. The lowest BCUT2D eigenvalue weighted by atomic mass is 9.87. The first-order valence-corrected chi connectivity index (χ1v) is 11.8. The number of hydrogen-bond donors (Lipinski definition) is 1. The molecular weight excluding hydrogens is 452 g/mol. The summed E-state index contributed by atoms with van der Waals surface area (Å²) in [5.74, 6) is 0.829. The number of amides is 1. The molecule has 0 aliphatic carbocycles. The highest BCUT2D eigenvalue weighted by molar-refractivity contribution is 6.30. The molecule has 7 nitrogen and oxygen atoms in total. The fourth-order valence-electron chi connectivity index (χ4n) is 3.66. The largest absolute Gasteiger partial charge is 0.494 e. The van der Waals surface area contributed by atoms with Gasteiger partial charge in [-0.25, -0.2) is 4.68 Å². The lowest BCUT2D eigenvalue weighted by Gasteiger charge is -2.23. The maximum absolute atomic E-state index is 13.3. The van der Waals surface area contributed by atoms with Crippen molar-refractivity contribution in [1.29, 1.82) is 0 Å². The molecule has 0 aliphatic rings. The molecular formula is C26H33ClN4O3. The maximum atomic E-state index is 13.3. The summed E-state index contributed by atoms with van der Waals surface area (Å²) < 4.78 is 13.1. The predicted molar refractivity (Wildman–Crippen MR) is 136 cm³/mol. The smallest absolute Gasteiger partial charge is 0.278 e. The lowest BCUT2D eigenvalue weighted by Crippen LogP contribution is -2.19. The number of aromatic nitrogens is 3. The van der Waals surface area contributed by atoms with E-state index in [1.807, 2.05) is 25.1 Å². The van der Waals surface area contributed by atoms with Crippen LogP contribution in [0, 0.1) is 6.92 Å². The Hall–Kier alpha value is -3.06. The van der Waals surface area contributed by atoms with Gasteiger partial charge in [-0.1, -0.05) is 57.0 Å². The molecule has 0 bridgehead atoms. The normalized spacial score (nSPS) is 12.4. The summed E-state index contributed by atoms with van der Waals surface area (Å²) in [7, 11) is 1.57. The molecule has 34 heavy (non-hydrogen) atoms. The van der Waals surface area contributed by atoms with E-state index in [4.69, 9.17) is 21.1 Å². The first kappa shape index (κ1) is 25.6. The Morgan fingerprint density at radius 2 is 1.88 bits per heavy atom. The number of halogens is 1. The van der Waals surface area contributed by atoms with Crippen molar-refractivity contribution in [3.63, 3.8) is 0 Å². The van der Waals surface area contributed by atoms with E-state index in [9.17, 15) is 4.79 Å². The van der Waals surface area contributed by atoms with E-state index in [0.29, 0.717) is 33.6 Å². The average molecular weight is 485 g/mol. The van der Waals surface area contributed by atoms with Crippen LogP contribution in [-0.4, -0.2) is 34.1 Å². The maximum Gasteiger partial charge on any atom is 0.278 e. The van der Waals surface area contributed by atoms with Crippen molar-refractivity contribution in [3.8, 4) is 17.2 Å². The van der Waals surface area contributed by atoms with Crippen LogP contribution in [0.25, 0.3) is 5.69 Å². The minimum atomic E-state index is -0.371. The van der Waals surface area contributed by atoms with Gasteiger partial charge in [0.25, 0.3) is 5.91 Å². The Balaban J connectivity index is 1.96. The highest BCUT2D eigenvalue weighted by Crippen LogP contribution is 2.33. The van der Waals surface area contributed by atoms with Gasteiger partial charge in [0.2, 0.25) is 0 Å². The first-order valence-electron chi connectivity index (χ1n) is 11.4. The number of benzene rings is 2. The van der Waals surface area contributed by atoms with Gasteiger partial charge in [-0.2, -0.15) is 0 Å². The molecule has 8 heteroatoms. The second-order valence-corrected chi connectivity index (χ2v) is 9.82. The molecule has 1 aromatic heterocycles. The van der Waals surface area contributed by atoms with Crippen molar-refractivity contribution >= 4 is 23.2 Å². The van der Waals surface area contributed by atoms with Crippen molar-refractivity contribution in [2.75, 3.05) is 12.4 Å². The zero-order valence-electron chi connectivity index (χ0n) is 20.9. The molecule has 1 atom stereocenters. The fourth-order valence-corrected chi connectivity index (χ4v) is 3.82. The van der Waals surface area contributed by atoms with Gasteiger partial charge in [-0.3, -0.25) is 4.79 Å². The van der Waals surface area contributed by atoms with Crippen LogP contribution >= 0.6 is 11.6 Å². The van der Waals surface area contributed by atoms with E-state index in [2.05, 4.69) is 43.3 Å². The number of ether oxygens (including phenoxy) is 2. The quantitative estimate of drug-likeness (QED) is 0.402. The fraction of sp³-hybridized carbons (Fsp3) is 0.423. The Morgan fingerprint density at radius 1 is 1.18 bits per heavy atom. The number of hydrogen-bond acceptors (Lipinski definition) is 5. The number of carbonyl (C=O) groups excluding carboxylic acids is 1. The molecule has 0 fully saturated rings. The molecule has 182 valence electrons. The lowest BCUT2D eigenvalue weighted by molar-refractivity contribution is 0.102. The summed E-state index contributed by atoms with van der Waals surface area (Å²) in [5.41, 5.74) is 2.97. The highest BCUT2D eigenvalue weighted by Gasteiger charge is 2.23. The van der Waals surface area contributed by atoms with Crippen LogP contribution in [0.2, 0.25) is 5.02 Å².